The van der Waals surface area contributed by atoms with Gasteiger partial charge in [-0.25, -0.2) is 9.37 Å². The second-order valence-corrected chi connectivity index (χ2v) is 7.91. The molecule has 3 aromatic heterocycles. The molecule has 9 heteroatoms. The highest BCUT2D eigenvalue weighted by molar-refractivity contribution is 5.94. The monoisotopic (exact) mass is 446 g/mol. The minimum absolute atomic E-state index is 0.117. The number of amides is 1. The van der Waals surface area contributed by atoms with Gasteiger partial charge in [-0.3, -0.25) is 19.3 Å². The number of benzene rings is 1. The van der Waals surface area contributed by atoms with E-state index in [1.54, 1.807) is 47.5 Å². The molecule has 0 spiro atoms. The van der Waals surface area contributed by atoms with E-state index in [-0.39, 0.29) is 29.7 Å². The molecule has 2 N–H and O–H groups in total. The minimum Gasteiger partial charge on any atom is -0.345 e. The van der Waals surface area contributed by atoms with Crippen molar-refractivity contribution in [3.63, 3.8) is 0 Å². The molecule has 4 rings (SSSR count). The van der Waals surface area contributed by atoms with Gasteiger partial charge in [0.15, 0.2) is 0 Å². The topological polar surface area (TPSA) is 106 Å². The Labute approximate surface area is 189 Å². The SMILES string of the molecule is CC(C)n1cc(C(=O)NC(Cc2cc(=O)[nH]c(-c3ccncc3)n2)c2ccc(F)cc2)cn1. The molecule has 0 saturated heterocycles. The smallest absolute Gasteiger partial charge is 0.254 e. The van der Waals surface area contributed by atoms with Gasteiger partial charge in [0, 0.05) is 42.7 Å². The summed E-state index contributed by atoms with van der Waals surface area (Å²) >= 11 is 0. The normalized spacial score (nSPS) is 12.0. The van der Waals surface area contributed by atoms with E-state index in [2.05, 4.69) is 25.4 Å². The Morgan fingerprint density at radius 3 is 2.55 bits per heavy atom. The molecule has 0 saturated carbocycles. The van der Waals surface area contributed by atoms with Crippen molar-refractivity contribution < 1.29 is 9.18 Å². The third-order valence-corrected chi connectivity index (χ3v) is 5.13. The number of aromatic amines is 1. The van der Waals surface area contributed by atoms with E-state index in [1.807, 2.05) is 13.8 Å². The van der Waals surface area contributed by atoms with E-state index < -0.39 is 6.04 Å². The van der Waals surface area contributed by atoms with Gasteiger partial charge in [-0.05, 0) is 43.7 Å². The molecule has 8 nitrogen and oxygen atoms in total. The standard InChI is InChI=1S/C24H23FN6O2/c1-15(2)31-14-18(13-27-31)24(33)29-21(16-3-5-19(25)6-4-16)11-20-12-22(32)30-23(28-20)17-7-9-26-10-8-17/h3-10,12-15,21H,11H2,1-2H3,(H,29,33)(H,28,30,32). The van der Waals surface area contributed by atoms with Crippen LogP contribution in [0.2, 0.25) is 0 Å². The zero-order valence-corrected chi connectivity index (χ0v) is 18.2. The van der Waals surface area contributed by atoms with Gasteiger partial charge in [-0.1, -0.05) is 12.1 Å². The Kier molecular flexibility index (Phi) is 6.39. The van der Waals surface area contributed by atoms with Crippen molar-refractivity contribution in [2.45, 2.75) is 32.4 Å². The second kappa shape index (κ2) is 9.56. The number of halogens is 1. The van der Waals surface area contributed by atoms with Crippen LogP contribution in [-0.4, -0.2) is 30.6 Å². The molecule has 1 unspecified atom stereocenters. The van der Waals surface area contributed by atoms with Crippen molar-refractivity contribution >= 4 is 5.91 Å². The molecule has 0 aliphatic rings. The predicted octanol–water partition coefficient (Wildman–Crippen LogP) is 3.46. The molecule has 0 bridgehead atoms. The van der Waals surface area contributed by atoms with Crippen LogP contribution in [0.5, 0.6) is 0 Å². The van der Waals surface area contributed by atoms with Crippen LogP contribution in [0.1, 0.15) is 47.5 Å². The minimum atomic E-state index is -0.542. The summed E-state index contributed by atoms with van der Waals surface area (Å²) in [7, 11) is 0. The number of pyridine rings is 1. The first-order valence-corrected chi connectivity index (χ1v) is 10.5. The number of nitrogens with zero attached hydrogens (tertiary/aromatic N) is 4. The first-order valence-electron chi connectivity index (χ1n) is 10.5. The average Bonchev–Trinajstić information content (AvgIpc) is 3.30. The lowest BCUT2D eigenvalue weighted by Crippen LogP contribution is -2.30. The number of hydrogen-bond acceptors (Lipinski definition) is 5. The van der Waals surface area contributed by atoms with Gasteiger partial charge in [-0.2, -0.15) is 5.10 Å². The molecule has 0 aliphatic carbocycles. The van der Waals surface area contributed by atoms with Gasteiger partial charge >= 0.3 is 0 Å². The van der Waals surface area contributed by atoms with Crippen molar-refractivity contribution in [3.8, 4) is 11.4 Å². The summed E-state index contributed by atoms with van der Waals surface area (Å²) in [5.41, 5.74) is 1.99. The summed E-state index contributed by atoms with van der Waals surface area (Å²) < 4.78 is 15.2. The number of carbonyl (C=O) groups is 1. The Bertz CT molecular complexity index is 1300. The van der Waals surface area contributed by atoms with Crippen LogP contribution in [0.15, 0.2) is 72.0 Å². The van der Waals surface area contributed by atoms with Gasteiger partial charge in [0.2, 0.25) is 0 Å². The fourth-order valence-corrected chi connectivity index (χ4v) is 3.39. The van der Waals surface area contributed by atoms with Crippen LogP contribution in [-0.2, 0) is 6.42 Å². The van der Waals surface area contributed by atoms with Crippen molar-refractivity contribution in [2.24, 2.45) is 0 Å². The molecule has 1 atom stereocenters. The van der Waals surface area contributed by atoms with Crippen LogP contribution >= 0.6 is 0 Å². The number of H-pyrrole nitrogens is 1. The van der Waals surface area contributed by atoms with Gasteiger partial charge in [0.25, 0.3) is 11.5 Å². The Hall–Kier alpha value is -4.14. The predicted molar refractivity (Wildman–Crippen MR) is 121 cm³/mol. The highest BCUT2D eigenvalue weighted by atomic mass is 19.1. The Morgan fingerprint density at radius 2 is 1.88 bits per heavy atom. The Morgan fingerprint density at radius 1 is 1.15 bits per heavy atom. The van der Waals surface area contributed by atoms with Gasteiger partial charge in [-0.15, -0.1) is 0 Å². The maximum Gasteiger partial charge on any atom is 0.254 e. The molecule has 1 amide bonds. The van der Waals surface area contributed by atoms with E-state index in [0.717, 1.165) is 0 Å². The van der Waals surface area contributed by atoms with Crippen molar-refractivity contribution in [2.75, 3.05) is 0 Å². The molecular weight excluding hydrogens is 423 g/mol. The molecule has 33 heavy (non-hydrogen) atoms. The number of nitrogens with one attached hydrogen (secondary N) is 2. The van der Waals surface area contributed by atoms with Crippen molar-refractivity contribution in [1.82, 2.24) is 30.0 Å². The van der Waals surface area contributed by atoms with E-state index in [0.29, 0.717) is 28.2 Å². The number of rotatable bonds is 7. The summed E-state index contributed by atoms with van der Waals surface area (Å²) in [5.74, 6) is -0.297. The molecule has 0 aliphatic heterocycles. The fourth-order valence-electron chi connectivity index (χ4n) is 3.39. The second-order valence-electron chi connectivity index (χ2n) is 7.91. The summed E-state index contributed by atoms with van der Waals surface area (Å²) in [6, 6.07) is 10.3. The third kappa shape index (κ3) is 5.38. The quantitative estimate of drug-likeness (QED) is 0.452. The molecule has 4 aromatic rings. The number of carbonyl (C=O) groups excluding carboxylic acids is 1. The molecule has 168 valence electrons. The highest BCUT2D eigenvalue weighted by Gasteiger charge is 2.19. The largest absolute Gasteiger partial charge is 0.345 e. The van der Waals surface area contributed by atoms with Crippen LogP contribution in [0.4, 0.5) is 4.39 Å². The maximum atomic E-state index is 13.5. The van der Waals surface area contributed by atoms with E-state index >= 15 is 0 Å². The lowest BCUT2D eigenvalue weighted by Gasteiger charge is -2.19. The van der Waals surface area contributed by atoms with Crippen LogP contribution in [0.3, 0.4) is 0 Å². The molecule has 3 heterocycles. The van der Waals surface area contributed by atoms with Crippen LogP contribution in [0, 0.1) is 5.82 Å². The molecule has 0 fully saturated rings. The summed E-state index contributed by atoms with van der Waals surface area (Å²) in [4.78, 5) is 36.5. The maximum absolute atomic E-state index is 13.5. The van der Waals surface area contributed by atoms with Crippen LogP contribution in [0.25, 0.3) is 11.4 Å². The van der Waals surface area contributed by atoms with Gasteiger partial charge in [0.05, 0.1) is 23.5 Å². The first kappa shape index (κ1) is 22.1. The molecule has 0 radical (unpaired) electrons. The van der Waals surface area contributed by atoms with Gasteiger partial charge in [0.1, 0.15) is 11.6 Å². The zero-order chi connectivity index (χ0) is 23.4. The molecular formula is C24H23FN6O2. The molecule has 1 aromatic carbocycles. The summed E-state index contributed by atoms with van der Waals surface area (Å²) in [5, 5.41) is 7.18. The highest BCUT2D eigenvalue weighted by Crippen LogP contribution is 2.20. The summed E-state index contributed by atoms with van der Waals surface area (Å²) in [6.07, 6.45) is 6.64. The van der Waals surface area contributed by atoms with Crippen molar-refractivity contribution in [3.05, 3.63) is 100 Å². The van der Waals surface area contributed by atoms with E-state index in [1.165, 1.54) is 24.4 Å². The lowest BCUT2D eigenvalue weighted by atomic mass is 10.0. The van der Waals surface area contributed by atoms with Gasteiger partial charge < -0.3 is 10.3 Å². The average molecular weight is 446 g/mol. The first-order chi connectivity index (χ1) is 15.9. The van der Waals surface area contributed by atoms with Crippen LogP contribution < -0.4 is 10.9 Å². The number of hydrogen-bond donors (Lipinski definition) is 2. The lowest BCUT2D eigenvalue weighted by molar-refractivity contribution is 0.0936. The van der Waals surface area contributed by atoms with E-state index in [4.69, 9.17) is 0 Å². The zero-order valence-electron chi connectivity index (χ0n) is 18.2. The summed E-state index contributed by atoms with van der Waals surface area (Å²) in [6.45, 7) is 3.93. The third-order valence-electron chi connectivity index (χ3n) is 5.13. The number of aromatic nitrogens is 5. The Balaban J connectivity index is 1.64. The fraction of sp³-hybridized carbons (Fsp3) is 0.208. The van der Waals surface area contributed by atoms with Crippen molar-refractivity contribution in [1.29, 1.82) is 0 Å². The van der Waals surface area contributed by atoms with E-state index in [9.17, 15) is 14.0 Å².